The fourth-order valence-electron chi connectivity index (χ4n) is 2.47. The molecule has 0 amide bonds. The highest BCUT2D eigenvalue weighted by atomic mass is 16.6. The van der Waals surface area contributed by atoms with E-state index >= 15 is 0 Å². The normalized spacial score (nSPS) is 11.8. The summed E-state index contributed by atoms with van der Waals surface area (Å²) in [4.78, 5) is 0. The number of fused-ring (bicyclic) bond motifs is 1. The van der Waals surface area contributed by atoms with Crippen LogP contribution in [0.3, 0.4) is 0 Å². The van der Waals surface area contributed by atoms with Crippen LogP contribution in [0.4, 0.5) is 0 Å². The molecule has 1 aromatic rings. The minimum atomic E-state index is -0.0226. The minimum absolute atomic E-state index is 0.0226. The molecule has 0 fully saturated rings. The number of aliphatic hydroxyl groups is 1. The summed E-state index contributed by atoms with van der Waals surface area (Å²) in [5.74, 6) is 1.50. The molecule has 1 aromatic carbocycles. The van der Waals surface area contributed by atoms with Crippen molar-refractivity contribution in [3.05, 3.63) is 23.8 Å². The summed E-state index contributed by atoms with van der Waals surface area (Å²) in [5.41, 5.74) is 1.35. The topological polar surface area (TPSA) is 53.0 Å². The first-order chi connectivity index (χ1) is 9.15. The molecule has 0 aromatic heterocycles. The Labute approximate surface area is 114 Å². The number of phenols is 1. The largest absolute Gasteiger partial charge is 0.508 e. The van der Waals surface area contributed by atoms with Crippen LogP contribution in [-0.4, -0.2) is 10.2 Å². The number of aliphatic hydroxyl groups excluding tert-OH is 1. The van der Waals surface area contributed by atoms with Crippen LogP contribution in [-0.2, 0) is 6.42 Å². The lowest BCUT2D eigenvalue weighted by Gasteiger charge is -2.08. The zero-order valence-corrected chi connectivity index (χ0v) is 11.5. The minimum Gasteiger partial charge on any atom is -0.508 e. The molecule has 3 heteroatoms. The fraction of sp³-hybridized carbons (Fsp3) is 0.500. The van der Waals surface area contributed by atoms with Crippen molar-refractivity contribution in [2.75, 3.05) is 0 Å². The molecule has 0 aliphatic carbocycles. The van der Waals surface area contributed by atoms with Gasteiger partial charge in [-0.05, 0) is 12.8 Å². The summed E-state index contributed by atoms with van der Waals surface area (Å²) in [5, 5.41) is 19.6. The molecule has 1 aliphatic heterocycles. The highest BCUT2D eigenvalue weighted by molar-refractivity contribution is 5.78. The van der Waals surface area contributed by atoms with Gasteiger partial charge in [0.2, 0.25) is 0 Å². The molecule has 1 aliphatic rings. The van der Waals surface area contributed by atoms with E-state index in [1.54, 1.807) is 6.07 Å². The van der Waals surface area contributed by atoms with E-state index in [1.165, 1.54) is 25.7 Å². The molecule has 0 spiro atoms. The molecule has 2 rings (SSSR count). The van der Waals surface area contributed by atoms with Crippen molar-refractivity contribution in [1.29, 1.82) is 0 Å². The van der Waals surface area contributed by atoms with Crippen LogP contribution in [0.1, 0.15) is 56.6 Å². The van der Waals surface area contributed by atoms with E-state index in [1.807, 2.05) is 0 Å². The van der Waals surface area contributed by atoms with E-state index < -0.39 is 0 Å². The number of ether oxygens (including phenoxy) is 1. The maximum atomic E-state index is 9.96. The third-order valence-corrected chi connectivity index (χ3v) is 3.57. The lowest BCUT2D eigenvalue weighted by Crippen LogP contribution is -1.93. The lowest BCUT2D eigenvalue weighted by molar-refractivity contribution is 0.463. The zero-order valence-electron chi connectivity index (χ0n) is 11.5. The molecular formula is C16H22O3. The molecule has 0 saturated heterocycles. The number of benzene rings is 1. The van der Waals surface area contributed by atoms with Crippen molar-refractivity contribution in [2.45, 2.75) is 51.9 Å². The van der Waals surface area contributed by atoms with Gasteiger partial charge in [-0.15, -0.1) is 0 Å². The van der Waals surface area contributed by atoms with Crippen molar-refractivity contribution in [2.24, 2.45) is 0 Å². The Balaban J connectivity index is 1.93. The molecule has 1 heterocycles. The molecule has 0 bridgehead atoms. The second kappa shape index (κ2) is 6.00. The van der Waals surface area contributed by atoms with Gasteiger partial charge in [0.05, 0.1) is 5.56 Å². The summed E-state index contributed by atoms with van der Waals surface area (Å²) in [6.45, 7) is 5.76. The first-order valence-electron chi connectivity index (χ1n) is 7.10. The van der Waals surface area contributed by atoms with E-state index in [-0.39, 0.29) is 11.5 Å². The Morgan fingerprint density at radius 2 is 1.89 bits per heavy atom. The molecule has 3 nitrogen and oxygen atoms in total. The number of hydrogen-bond acceptors (Lipinski definition) is 3. The molecule has 19 heavy (non-hydrogen) atoms. The first kappa shape index (κ1) is 13.8. The maximum Gasteiger partial charge on any atom is 0.181 e. The van der Waals surface area contributed by atoms with Gasteiger partial charge in [-0.3, -0.25) is 0 Å². The Kier molecular flexibility index (Phi) is 4.35. The van der Waals surface area contributed by atoms with Gasteiger partial charge in [-0.25, -0.2) is 0 Å². The van der Waals surface area contributed by atoms with Crippen LogP contribution in [0.5, 0.6) is 17.2 Å². The molecule has 0 radical (unpaired) electrons. The van der Waals surface area contributed by atoms with Crippen molar-refractivity contribution >= 4 is 5.76 Å². The molecule has 104 valence electrons. The van der Waals surface area contributed by atoms with Crippen LogP contribution in [0.2, 0.25) is 0 Å². The second-order valence-corrected chi connectivity index (χ2v) is 5.14. The van der Waals surface area contributed by atoms with Gasteiger partial charge >= 0.3 is 0 Å². The molecular weight excluding hydrogens is 240 g/mol. The average Bonchev–Trinajstić information content (AvgIpc) is 3.11. The second-order valence-electron chi connectivity index (χ2n) is 5.14. The zero-order chi connectivity index (χ0) is 13.8. The van der Waals surface area contributed by atoms with Crippen molar-refractivity contribution < 1.29 is 14.9 Å². The molecule has 2 N–H and O–H groups in total. The fourth-order valence-corrected chi connectivity index (χ4v) is 2.47. The van der Waals surface area contributed by atoms with Crippen molar-refractivity contribution in [3.8, 4) is 17.2 Å². The summed E-state index contributed by atoms with van der Waals surface area (Å²) in [6.07, 6.45) is 7.95. The number of phenolic OH excluding ortho intramolecular Hbond substituents is 1. The van der Waals surface area contributed by atoms with E-state index in [4.69, 9.17) is 4.74 Å². The monoisotopic (exact) mass is 262 g/mol. The van der Waals surface area contributed by atoms with Crippen LogP contribution >= 0.6 is 0 Å². The smallest absolute Gasteiger partial charge is 0.181 e. The third kappa shape index (κ3) is 3.22. The van der Waals surface area contributed by atoms with E-state index in [0.29, 0.717) is 17.1 Å². The van der Waals surface area contributed by atoms with Gasteiger partial charge in [0, 0.05) is 11.6 Å². The Bertz CT molecular complexity index is 477. The average molecular weight is 262 g/mol. The number of rotatable bonds is 8. The summed E-state index contributed by atoms with van der Waals surface area (Å²) in [6, 6.07) is 1.62. The summed E-state index contributed by atoms with van der Waals surface area (Å²) < 4.78 is 5.23. The predicted molar refractivity (Wildman–Crippen MR) is 76.9 cm³/mol. The summed E-state index contributed by atoms with van der Waals surface area (Å²) >= 11 is 0. The predicted octanol–water partition coefficient (Wildman–Crippen LogP) is 4.93. The third-order valence-electron chi connectivity index (χ3n) is 3.57. The van der Waals surface area contributed by atoms with Gasteiger partial charge in [0.1, 0.15) is 11.5 Å². The quantitative estimate of drug-likeness (QED) is 0.403. The molecule has 0 saturated carbocycles. The van der Waals surface area contributed by atoms with Gasteiger partial charge in [0.25, 0.3) is 0 Å². The van der Waals surface area contributed by atoms with Crippen molar-refractivity contribution in [3.63, 3.8) is 0 Å². The lowest BCUT2D eigenvalue weighted by atomic mass is 9.98. The van der Waals surface area contributed by atoms with Gasteiger partial charge in [0.15, 0.2) is 11.5 Å². The van der Waals surface area contributed by atoms with Crippen LogP contribution in [0.25, 0.3) is 5.76 Å². The Hall–Kier alpha value is -1.64. The standard InChI is InChI=1S/C16H22O3/c1-3-4-5-6-7-8-9-12-13(18)10-14-16(19-14)15(12)11(2)17/h10,17-18H,2-9H2,1H3. The van der Waals surface area contributed by atoms with Gasteiger partial charge in [-0.1, -0.05) is 45.6 Å². The SMILES string of the molecule is C=C(O)c1c(CCCCCCCC)c(O)cc2c1O2. The number of aromatic hydroxyl groups is 1. The number of hydrogen-bond donors (Lipinski definition) is 2. The maximum absolute atomic E-state index is 9.96. The Morgan fingerprint density at radius 1 is 1.21 bits per heavy atom. The van der Waals surface area contributed by atoms with Gasteiger partial charge in [-0.2, -0.15) is 0 Å². The molecule has 0 atom stereocenters. The van der Waals surface area contributed by atoms with E-state index in [9.17, 15) is 10.2 Å². The van der Waals surface area contributed by atoms with Gasteiger partial charge < -0.3 is 14.9 Å². The first-order valence-corrected chi connectivity index (χ1v) is 7.10. The van der Waals surface area contributed by atoms with Crippen molar-refractivity contribution in [1.82, 2.24) is 0 Å². The van der Waals surface area contributed by atoms with Crippen LogP contribution in [0, 0.1) is 0 Å². The highest BCUT2D eigenvalue weighted by Gasteiger charge is 2.31. The molecule has 0 unspecified atom stereocenters. The van der Waals surface area contributed by atoms with Crippen LogP contribution < -0.4 is 4.74 Å². The Morgan fingerprint density at radius 3 is 2.58 bits per heavy atom. The van der Waals surface area contributed by atoms with E-state index in [0.717, 1.165) is 24.8 Å². The van der Waals surface area contributed by atoms with E-state index in [2.05, 4.69) is 13.5 Å². The number of unbranched alkanes of at least 4 members (excludes halogenated alkanes) is 5. The summed E-state index contributed by atoms with van der Waals surface area (Å²) in [7, 11) is 0. The highest BCUT2D eigenvalue weighted by Crippen LogP contribution is 2.54. The van der Waals surface area contributed by atoms with Crippen LogP contribution in [0.15, 0.2) is 12.6 Å².